The van der Waals surface area contributed by atoms with Crippen molar-refractivity contribution in [3.05, 3.63) is 29.2 Å². The molecule has 0 unspecified atom stereocenters. The van der Waals surface area contributed by atoms with Crippen LogP contribution < -0.4 is 10.2 Å². The van der Waals surface area contributed by atoms with Crippen LogP contribution in [-0.4, -0.2) is 31.2 Å². The van der Waals surface area contributed by atoms with Gasteiger partial charge in [-0.05, 0) is 56.8 Å². The summed E-state index contributed by atoms with van der Waals surface area (Å²) in [4.78, 5) is 5.74. The van der Waals surface area contributed by atoms with Crippen LogP contribution in [0.5, 0.6) is 0 Å². The van der Waals surface area contributed by atoms with Crippen molar-refractivity contribution >= 4 is 16.6 Å². The van der Waals surface area contributed by atoms with Crippen LogP contribution in [0.2, 0.25) is 0 Å². The van der Waals surface area contributed by atoms with E-state index in [0.29, 0.717) is 6.04 Å². The van der Waals surface area contributed by atoms with Gasteiger partial charge < -0.3 is 15.2 Å². The summed E-state index contributed by atoms with van der Waals surface area (Å²) in [7, 11) is 2.00. The highest BCUT2D eigenvalue weighted by molar-refractivity contribution is 5.97. The first-order valence-electron chi connectivity index (χ1n) is 8.02. The molecule has 3 nitrogen and oxygen atoms in total. The summed E-state index contributed by atoms with van der Waals surface area (Å²) in [5.41, 5.74) is 4.60. The summed E-state index contributed by atoms with van der Waals surface area (Å²) in [6.07, 6.45) is 5.66. The van der Waals surface area contributed by atoms with Crippen molar-refractivity contribution in [2.45, 2.75) is 38.1 Å². The van der Waals surface area contributed by atoms with Crippen molar-refractivity contribution in [3.63, 3.8) is 0 Å². The van der Waals surface area contributed by atoms with Gasteiger partial charge in [-0.25, -0.2) is 4.39 Å². The summed E-state index contributed by atoms with van der Waals surface area (Å²) in [6, 6.07) is 3.97. The predicted molar refractivity (Wildman–Crippen MR) is 84.6 cm³/mol. The van der Waals surface area contributed by atoms with E-state index in [2.05, 4.69) is 15.2 Å². The van der Waals surface area contributed by atoms with Gasteiger partial charge in [0, 0.05) is 35.7 Å². The Balaban J connectivity index is 1.85. The molecule has 1 fully saturated rings. The van der Waals surface area contributed by atoms with Crippen LogP contribution in [0.4, 0.5) is 10.1 Å². The molecular weight excluding hydrogens is 265 g/mol. The van der Waals surface area contributed by atoms with Gasteiger partial charge in [0.05, 0.1) is 5.69 Å². The Labute approximate surface area is 124 Å². The number of halogens is 1. The number of anilines is 1. The monoisotopic (exact) mass is 287 g/mol. The lowest BCUT2D eigenvalue weighted by Crippen LogP contribution is -2.44. The van der Waals surface area contributed by atoms with Gasteiger partial charge >= 0.3 is 0 Å². The number of aromatic nitrogens is 1. The second kappa shape index (κ2) is 5.02. The Hall–Kier alpha value is -1.55. The maximum atomic E-state index is 14.6. The molecule has 2 aliphatic rings. The number of nitrogens with zero attached hydrogens (tertiary/aromatic N) is 1. The summed E-state index contributed by atoms with van der Waals surface area (Å²) in [5.74, 6) is -0.0760. The van der Waals surface area contributed by atoms with Crippen LogP contribution in [0.25, 0.3) is 10.9 Å². The van der Waals surface area contributed by atoms with Gasteiger partial charge in [0.25, 0.3) is 0 Å². The highest BCUT2D eigenvalue weighted by Crippen LogP contribution is 2.38. The molecule has 0 amide bonds. The van der Waals surface area contributed by atoms with Crippen molar-refractivity contribution in [2.75, 3.05) is 25.0 Å². The third-order valence-corrected chi connectivity index (χ3v) is 5.08. The maximum absolute atomic E-state index is 14.6. The number of hydrogen-bond donors (Lipinski definition) is 2. The molecule has 4 heteroatoms. The van der Waals surface area contributed by atoms with E-state index in [-0.39, 0.29) is 5.82 Å². The van der Waals surface area contributed by atoms with Gasteiger partial charge in [-0.2, -0.15) is 0 Å². The number of rotatable bonds is 2. The summed E-state index contributed by atoms with van der Waals surface area (Å²) in [5, 5.41) is 4.48. The molecule has 2 heterocycles. The van der Waals surface area contributed by atoms with Crippen LogP contribution in [0.15, 0.2) is 12.1 Å². The van der Waals surface area contributed by atoms with Crippen LogP contribution >= 0.6 is 0 Å². The molecule has 1 aromatic carbocycles. The predicted octanol–water partition coefficient (Wildman–Crippen LogP) is 2.98. The Morgan fingerprint density at radius 2 is 2.19 bits per heavy atom. The maximum Gasteiger partial charge on any atom is 0.147 e. The standard InChI is InChI=1S/C17H22FN3/c1-19-11-4-3-9-21(10-11)17-13(18)7-8-15-16(17)12-5-2-6-14(12)20-15/h7-8,11,19-20H,2-6,9-10H2,1H3/t11-/m0/s1. The first-order valence-corrected chi connectivity index (χ1v) is 8.02. The molecule has 1 aliphatic heterocycles. The Morgan fingerprint density at radius 3 is 3.05 bits per heavy atom. The quantitative estimate of drug-likeness (QED) is 0.889. The van der Waals surface area contributed by atoms with E-state index in [0.717, 1.165) is 48.9 Å². The molecule has 112 valence electrons. The second-order valence-corrected chi connectivity index (χ2v) is 6.33. The van der Waals surface area contributed by atoms with Crippen molar-refractivity contribution in [1.29, 1.82) is 0 Å². The summed E-state index contributed by atoms with van der Waals surface area (Å²) < 4.78 is 14.6. The summed E-state index contributed by atoms with van der Waals surface area (Å²) in [6.45, 7) is 1.85. The van der Waals surface area contributed by atoms with E-state index >= 15 is 0 Å². The highest BCUT2D eigenvalue weighted by Gasteiger charge is 2.26. The lowest BCUT2D eigenvalue weighted by molar-refractivity contribution is 0.446. The van der Waals surface area contributed by atoms with E-state index in [4.69, 9.17) is 0 Å². The fourth-order valence-electron chi connectivity index (χ4n) is 4.02. The van der Waals surface area contributed by atoms with E-state index in [1.807, 2.05) is 13.1 Å². The average Bonchev–Trinajstić information content (AvgIpc) is 3.08. The molecule has 2 N–H and O–H groups in total. The minimum absolute atomic E-state index is 0.0760. The Morgan fingerprint density at radius 1 is 1.29 bits per heavy atom. The molecule has 1 aromatic heterocycles. The van der Waals surface area contributed by atoms with Gasteiger partial charge in [0.2, 0.25) is 0 Å². The third kappa shape index (κ3) is 2.04. The Kier molecular flexibility index (Phi) is 3.14. The third-order valence-electron chi connectivity index (χ3n) is 5.08. The first-order chi connectivity index (χ1) is 10.3. The molecule has 1 aliphatic carbocycles. The van der Waals surface area contributed by atoms with E-state index < -0.39 is 0 Å². The van der Waals surface area contributed by atoms with Gasteiger partial charge in [-0.1, -0.05) is 0 Å². The number of nitrogens with one attached hydrogen (secondary N) is 2. The summed E-state index contributed by atoms with van der Waals surface area (Å²) >= 11 is 0. The lowest BCUT2D eigenvalue weighted by Gasteiger charge is -2.35. The van der Waals surface area contributed by atoms with Crippen molar-refractivity contribution < 1.29 is 4.39 Å². The molecule has 0 bridgehead atoms. The molecule has 4 rings (SSSR count). The first kappa shape index (κ1) is 13.1. The van der Waals surface area contributed by atoms with E-state index in [1.54, 1.807) is 6.07 Å². The fourth-order valence-corrected chi connectivity index (χ4v) is 4.02. The van der Waals surface area contributed by atoms with Crippen molar-refractivity contribution in [2.24, 2.45) is 0 Å². The normalized spacial score (nSPS) is 22.0. The van der Waals surface area contributed by atoms with Crippen molar-refractivity contribution in [1.82, 2.24) is 10.3 Å². The minimum Gasteiger partial charge on any atom is -0.367 e. The SMILES string of the molecule is CN[C@H]1CCCN(c2c(F)ccc3[nH]c4c(c23)CCC4)C1. The number of benzene rings is 1. The zero-order valence-corrected chi connectivity index (χ0v) is 12.5. The highest BCUT2D eigenvalue weighted by atomic mass is 19.1. The number of hydrogen-bond acceptors (Lipinski definition) is 2. The molecule has 0 saturated carbocycles. The number of fused-ring (bicyclic) bond motifs is 3. The van der Waals surface area contributed by atoms with Gasteiger partial charge in [-0.3, -0.25) is 0 Å². The minimum atomic E-state index is -0.0760. The number of piperidine rings is 1. The van der Waals surface area contributed by atoms with Crippen LogP contribution in [-0.2, 0) is 12.8 Å². The van der Waals surface area contributed by atoms with Crippen LogP contribution in [0.3, 0.4) is 0 Å². The molecule has 21 heavy (non-hydrogen) atoms. The zero-order valence-electron chi connectivity index (χ0n) is 12.5. The van der Waals surface area contributed by atoms with Gasteiger partial charge in [0.1, 0.15) is 5.82 Å². The molecule has 1 saturated heterocycles. The number of aryl methyl sites for hydroxylation is 2. The zero-order chi connectivity index (χ0) is 14.4. The van der Waals surface area contributed by atoms with E-state index in [1.165, 1.54) is 24.1 Å². The van der Waals surface area contributed by atoms with Crippen molar-refractivity contribution in [3.8, 4) is 0 Å². The average molecular weight is 287 g/mol. The second-order valence-electron chi connectivity index (χ2n) is 6.33. The van der Waals surface area contributed by atoms with Crippen LogP contribution in [0, 0.1) is 5.82 Å². The number of H-pyrrole nitrogens is 1. The smallest absolute Gasteiger partial charge is 0.147 e. The number of likely N-dealkylation sites (N-methyl/N-ethyl adjacent to an activating group) is 1. The molecular formula is C17H22FN3. The molecule has 1 atom stereocenters. The van der Waals surface area contributed by atoms with E-state index in [9.17, 15) is 4.39 Å². The largest absolute Gasteiger partial charge is 0.367 e. The molecule has 0 spiro atoms. The lowest BCUT2D eigenvalue weighted by atomic mass is 10.0. The van der Waals surface area contributed by atoms with Gasteiger partial charge in [0.15, 0.2) is 0 Å². The number of aromatic amines is 1. The molecule has 0 radical (unpaired) electrons. The Bertz CT molecular complexity index is 676. The van der Waals surface area contributed by atoms with Crippen LogP contribution in [0.1, 0.15) is 30.5 Å². The molecule has 2 aromatic rings. The fraction of sp³-hybridized carbons (Fsp3) is 0.529. The van der Waals surface area contributed by atoms with Gasteiger partial charge in [-0.15, -0.1) is 0 Å². The topological polar surface area (TPSA) is 31.1 Å².